The zero-order valence-corrected chi connectivity index (χ0v) is 21.1. The summed E-state index contributed by atoms with van der Waals surface area (Å²) in [6, 6.07) is 14.6. The molecule has 3 atom stereocenters. The summed E-state index contributed by atoms with van der Waals surface area (Å²) in [5, 5.41) is 6.26. The minimum absolute atomic E-state index is 0.0338. The van der Waals surface area contributed by atoms with E-state index in [1.807, 2.05) is 24.3 Å². The first-order valence-electron chi connectivity index (χ1n) is 13.3. The van der Waals surface area contributed by atoms with Crippen molar-refractivity contribution >= 4 is 11.8 Å². The Bertz CT molecular complexity index is 1060. The molecule has 7 heteroatoms. The topological polar surface area (TPSA) is 79.9 Å². The maximum absolute atomic E-state index is 12.8. The van der Waals surface area contributed by atoms with E-state index < -0.39 is 0 Å². The van der Waals surface area contributed by atoms with Crippen LogP contribution in [0.15, 0.2) is 42.5 Å². The average molecular weight is 492 g/mol. The number of fused-ring (bicyclic) bond motifs is 1. The Morgan fingerprint density at radius 3 is 2.67 bits per heavy atom. The Labute approximate surface area is 213 Å². The number of amides is 2. The number of rotatable bonds is 8. The third-order valence-corrected chi connectivity index (χ3v) is 7.50. The van der Waals surface area contributed by atoms with Gasteiger partial charge in [0.15, 0.2) is 0 Å². The third kappa shape index (κ3) is 6.45. The number of aryl methyl sites for hydroxylation is 1. The SMILES string of the molecule is CC(=O)NC1CCN(Cc2ccc3c(c2)CC[C@H](NC(=O)c2ccc(OC[C@@H]4CCCO4)cc2)C3)C1. The maximum Gasteiger partial charge on any atom is 0.251 e. The summed E-state index contributed by atoms with van der Waals surface area (Å²) >= 11 is 0. The van der Waals surface area contributed by atoms with Gasteiger partial charge < -0.3 is 20.1 Å². The molecular formula is C29H37N3O4. The number of nitrogens with zero attached hydrogens (tertiary/aromatic N) is 1. The second-order valence-corrected chi connectivity index (χ2v) is 10.4. The van der Waals surface area contributed by atoms with Crippen LogP contribution >= 0.6 is 0 Å². The molecular weight excluding hydrogens is 454 g/mol. The van der Waals surface area contributed by atoms with Gasteiger partial charge in [0.2, 0.25) is 5.91 Å². The van der Waals surface area contributed by atoms with Gasteiger partial charge in [-0.25, -0.2) is 0 Å². The fourth-order valence-electron chi connectivity index (χ4n) is 5.61. The van der Waals surface area contributed by atoms with Crippen molar-refractivity contribution < 1.29 is 19.1 Å². The van der Waals surface area contributed by atoms with Crippen molar-refractivity contribution in [1.29, 1.82) is 0 Å². The molecule has 0 aromatic heterocycles. The van der Waals surface area contributed by atoms with Gasteiger partial charge in [-0.15, -0.1) is 0 Å². The van der Waals surface area contributed by atoms with Crippen molar-refractivity contribution in [2.75, 3.05) is 26.3 Å². The van der Waals surface area contributed by atoms with Crippen LogP contribution in [0.2, 0.25) is 0 Å². The molecule has 2 heterocycles. The van der Waals surface area contributed by atoms with Crippen LogP contribution in [-0.4, -0.2) is 61.2 Å². The number of ether oxygens (including phenoxy) is 2. The van der Waals surface area contributed by atoms with Gasteiger partial charge >= 0.3 is 0 Å². The molecule has 0 bridgehead atoms. The molecule has 2 fully saturated rings. The van der Waals surface area contributed by atoms with Gasteiger partial charge in [-0.05, 0) is 79.5 Å². The summed E-state index contributed by atoms with van der Waals surface area (Å²) in [6.45, 7) is 5.80. The summed E-state index contributed by atoms with van der Waals surface area (Å²) in [5.41, 5.74) is 4.69. The van der Waals surface area contributed by atoms with Crippen LogP contribution in [0.1, 0.15) is 59.7 Å². The quantitative estimate of drug-likeness (QED) is 0.593. The number of benzene rings is 2. The first kappa shape index (κ1) is 24.8. The summed E-state index contributed by atoms with van der Waals surface area (Å²) in [5.74, 6) is 0.783. The van der Waals surface area contributed by atoms with Gasteiger partial charge in [0.25, 0.3) is 5.91 Å². The minimum atomic E-state index is -0.0338. The predicted molar refractivity (Wildman–Crippen MR) is 138 cm³/mol. The lowest BCUT2D eigenvalue weighted by molar-refractivity contribution is -0.119. The van der Waals surface area contributed by atoms with E-state index in [1.165, 1.54) is 16.7 Å². The van der Waals surface area contributed by atoms with Crippen molar-refractivity contribution in [3.63, 3.8) is 0 Å². The normalized spacial score (nSPS) is 23.8. The summed E-state index contributed by atoms with van der Waals surface area (Å²) in [4.78, 5) is 26.6. The van der Waals surface area contributed by atoms with E-state index in [2.05, 4.69) is 33.7 Å². The van der Waals surface area contributed by atoms with Crippen LogP contribution in [0.5, 0.6) is 5.75 Å². The first-order valence-corrected chi connectivity index (χ1v) is 13.3. The first-order chi connectivity index (χ1) is 17.5. The molecule has 0 spiro atoms. The van der Waals surface area contributed by atoms with E-state index in [9.17, 15) is 9.59 Å². The lowest BCUT2D eigenvalue weighted by atomic mass is 9.87. The van der Waals surface area contributed by atoms with Crippen LogP contribution in [0.3, 0.4) is 0 Å². The van der Waals surface area contributed by atoms with E-state index in [0.717, 1.165) is 70.5 Å². The smallest absolute Gasteiger partial charge is 0.251 e. The molecule has 7 nitrogen and oxygen atoms in total. The van der Waals surface area contributed by atoms with Crippen molar-refractivity contribution in [1.82, 2.24) is 15.5 Å². The molecule has 192 valence electrons. The Hall–Kier alpha value is -2.90. The summed E-state index contributed by atoms with van der Waals surface area (Å²) in [7, 11) is 0. The zero-order chi connectivity index (χ0) is 24.9. The highest BCUT2D eigenvalue weighted by Gasteiger charge is 2.25. The summed E-state index contributed by atoms with van der Waals surface area (Å²) < 4.78 is 11.4. The third-order valence-electron chi connectivity index (χ3n) is 7.50. The molecule has 36 heavy (non-hydrogen) atoms. The highest BCUT2D eigenvalue weighted by atomic mass is 16.5. The number of hydrogen-bond donors (Lipinski definition) is 2. The lowest BCUT2D eigenvalue weighted by Crippen LogP contribution is -2.38. The Morgan fingerprint density at radius 2 is 1.89 bits per heavy atom. The van der Waals surface area contributed by atoms with Gasteiger partial charge in [-0.3, -0.25) is 14.5 Å². The molecule has 2 aromatic carbocycles. The van der Waals surface area contributed by atoms with E-state index in [1.54, 1.807) is 6.92 Å². The lowest BCUT2D eigenvalue weighted by Gasteiger charge is -2.26. The molecule has 2 aliphatic heterocycles. The molecule has 2 aromatic rings. The number of carbonyl (C=O) groups excluding carboxylic acids is 2. The number of hydrogen-bond acceptors (Lipinski definition) is 5. The van der Waals surface area contributed by atoms with Gasteiger partial charge in [-0.1, -0.05) is 18.2 Å². The molecule has 5 rings (SSSR count). The molecule has 2 amide bonds. The predicted octanol–water partition coefficient (Wildman–Crippen LogP) is 3.24. The van der Waals surface area contributed by atoms with Gasteiger partial charge in [-0.2, -0.15) is 0 Å². The van der Waals surface area contributed by atoms with Crippen LogP contribution in [0, 0.1) is 0 Å². The van der Waals surface area contributed by atoms with E-state index >= 15 is 0 Å². The van der Waals surface area contributed by atoms with E-state index in [-0.39, 0.29) is 30.0 Å². The molecule has 0 saturated carbocycles. The van der Waals surface area contributed by atoms with Crippen LogP contribution in [0.4, 0.5) is 0 Å². The van der Waals surface area contributed by atoms with Crippen molar-refractivity contribution in [3.8, 4) is 5.75 Å². The van der Waals surface area contributed by atoms with Crippen LogP contribution in [0.25, 0.3) is 0 Å². The minimum Gasteiger partial charge on any atom is -0.491 e. The second-order valence-electron chi connectivity index (χ2n) is 10.4. The Morgan fingerprint density at radius 1 is 1.03 bits per heavy atom. The average Bonchev–Trinajstić information content (AvgIpc) is 3.55. The summed E-state index contributed by atoms with van der Waals surface area (Å²) in [6.07, 6.45) is 6.11. The van der Waals surface area contributed by atoms with Gasteiger partial charge in [0.05, 0.1) is 6.10 Å². The fourth-order valence-corrected chi connectivity index (χ4v) is 5.61. The second kappa shape index (κ2) is 11.4. The molecule has 3 aliphatic rings. The standard InChI is InChI=1S/C29H37N3O4/c1-20(33)30-26-12-13-32(18-26)17-21-4-5-24-16-25(9-6-23(24)15-21)31-29(34)22-7-10-27(11-8-22)36-19-28-3-2-14-35-28/h4-5,7-8,10-11,15,25-26,28H,2-3,6,9,12-14,16-19H2,1H3,(H,30,33)(H,31,34)/t25-,26?,28-/m0/s1. The van der Waals surface area contributed by atoms with Crippen LogP contribution in [-0.2, 0) is 28.9 Å². The Kier molecular flexibility index (Phi) is 7.87. The van der Waals surface area contributed by atoms with Crippen molar-refractivity contribution in [2.24, 2.45) is 0 Å². The molecule has 0 radical (unpaired) electrons. The molecule has 2 saturated heterocycles. The molecule has 1 aliphatic carbocycles. The number of likely N-dealkylation sites (tertiary alicyclic amines) is 1. The van der Waals surface area contributed by atoms with Crippen LogP contribution < -0.4 is 15.4 Å². The number of carbonyl (C=O) groups is 2. The molecule has 2 N–H and O–H groups in total. The maximum atomic E-state index is 12.8. The number of nitrogens with one attached hydrogen (secondary N) is 2. The molecule has 1 unspecified atom stereocenters. The highest BCUT2D eigenvalue weighted by Crippen LogP contribution is 2.25. The largest absolute Gasteiger partial charge is 0.491 e. The zero-order valence-electron chi connectivity index (χ0n) is 21.1. The highest BCUT2D eigenvalue weighted by molar-refractivity contribution is 5.94. The van der Waals surface area contributed by atoms with Gasteiger partial charge in [0, 0.05) is 50.8 Å². The Balaban J connectivity index is 1.10. The monoisotopic (exact) mass is 491 g/mol. The van der Waals surface area contributed by atoms with Crippen molar-refractivity contribution in [2.45, 2.75) is 70.2 Å². The van der Waals surface area contributed by atoms with Crippen molar-refractivity contribution in [3.05, 3.63) is 64.7 Å². The van der Waals surface area contributed by atoms with Gasteiger partial charge in [0.1, 0.15) is 12.4 Å². The fraction of sp³-hybridized carbons (Fsp3) is 0.517. The van der Waals surface area contributed by atoms with E-state index in [4.69, 9.17) is 9.47 Å². The van der Waals surface area contributed by atoms with E-state index in [0.29, 0.717) is 12.2 Å².